The maximum atomic E-state index is 12.3. The summed E-state index contributed by atoms with van der Waals surface area (Å²) in [6, 6.07) is 14.5. The average molecular weight is 240 g/mol. The molecule has 0 heterocycles. The van der Waals surface area contributed by atoms with Gasteiger partial charge in [-0.1, -0.05) is 24.3 Å². The van der Waals surface area contributed by atoms with Gasteiger partial charge in [0, 0.05) is 29.0 Å². The normalized spacial score (nSPS) is 10.1. The second kappa shape index (κ2) is 5.36. The molecule has 3 heteroatoms. The highest BCUT2D eigenvalue weighted by molar-refractivity contribution is 6.09. The Morgan fingerprint density at radius 3 is 2.44 bits per heavy atom. The third kappa shape index (κ3) is 2.69. The molecule has 0 bridgehead atoms. The molecule has 3 nitrogen and oxygen atoms in total. The Balaban J connectivity index is 2.31. The number of benzene rings is 2. The summed E-state index contributed by atoms with van der Waals surface area (Å²) < 4.78 is 0. The molecule has 3 N–H and O–H groups in total. The topological polar surface area (TPSA) is 55.1 Å². The number of nitrogens with two attached hydrogens (primary N) is 1. The van der Waals surface area contributed by atoms with Gasteiger partial charge in [-0.05, 0) is 31.2 Å². The number of anilines is 2. The van der Waals surface area contributed by atoms with Crippen LogP contribution in [0.2, 0.25) is 0 Å². The predicted molar refractivity (Wildman–Crippen MR) is 74.9 cm³/mol. The summed E-state index contributed by atoms with van der Waals surface area (Å²) in [5, 5.41) is 3.19. The first-order chi connectivity index (χ1) is 8.70. The van der Waals surface area contributed by atoms with Crippen molar-refractivity contribution in [2.24, 2.45) is 0 Å². The minimum absolute atomic E-state index is 0.0120. The third-order valence-corrected chi connectivity index (χ3v) is 2.65. The first-order valence-corrected chi connectivity index (χ1v) is 5.95. The van der Waals surface area contributed by atoms with E-state index in [4.69, 9.17) is 5.73 Å². The van der Waals surface area contributed by atoms with Crippen LogP contribution >= 0.6 is 0 Å². The van der Waals surface area contributed by atoms with Crippen molar-refractivity contribution in [3.05, 3.63) is 59.7 Å². The molecular formula is C15H16N2O. The zero-order valence-corrected chi connectivity index (χ0v) is 10.3. The molecular weight excluding hydrogens is 224 g/mol. The number of rotatable bonds is 4. The fraction of sp³-hybridized carbons (Fsp3) is 0.133. The number of hydrogen-bond donors (Lipinski definition) is 2. The number of nitrogens with one attached hydrogen (secondary N) is 1. The Kier molecular flexibility index (Phi) is 3.63. The first kappa shape index (κ1) is 12.2. The van der Waals surface area contributed by atoms with Crippen LogP contribution < -0.4 is 11.1 Å². The molecule has 2 aromatic rings. The highest BCUT2D eigenvalue weighted by atomic mass is 16.1. The van der Waals surface area contributed by atoms with Gasteiger partial charge in [-0.2, -0.15) is 0 Å². The fourth-order valence-electron chi connectivity index (χ4n) is 1.82. The zero-order valence-electron chi connectivity index (χ0n) is 10.3. The van der Waals surface area contributed by atoms with Crippen LogP contribution in [0.5, 0.6) is 0 Å². The molecule has 0 saturated carbocycles. The number of ketones is 1. The second-order valence-corrected chi connectivity index (χ2v) is 4.07. The lowest BCUT2D eigenvalue weighted by atomic mass is 10.0. The third-order valence-electron chi connectivity index (χ3n) is 2.65. The molecule has 2 aromatic carbocycles. The molecule has 92 valence electrons. The largest absolute Gasteiger partial charge is 0.399 e. The van der Waals surface area contributed by atoms with Crippen LogP contribution in [0.3, 0.4) is 0 Å². The van der Waals surface area contributed by atoms with Gasteiger partial charge in [0.15, 0.2) is 5.78 Å². The first-order valence-electron chi connectivity index (χ1n) is 5.95. The predicted octanol–water partition coefficient (Wildman–Crippen LogP) is 2.93. The van der Waals surface area contributed by atoms with E-state index >= 15 is 0 Å². The molecule has 0 spiro atoms. The quantitative estimate of drug-likeness (QED) is 0.638. The molecule has 0 fully saturated rings. The maximum Gasteiger partial charge on any atom is 0.193 e. The molecule has 0 aromatic heterocycles. The van der Waals surface area contributed by atoms with E-state index in [1.165, 1.54) is 0 Å². The van der Waals surface area contributed by atoms with Crippen molar-refractivity contribution < 1.29 is 4.79 Å². The van der Waals surface area contributed by atoms with E-state index in [1.54, 1.807) is 24.3 Å². The minimum Gasteiger partial charge on any atom is -0.399 e. The monoisotopic (exact) mass is 240 g/mol. The summed E-state index contributed by atoms with van der Waals surface area (Å²) in [5.41, 5.74) is 8.52. The van der Waals surface area contributed by atoms with E-state index in [0.717, 1.165) is 12.2 Å². The van der Waals surface area contributed by atoms with E-state index in [9.17, 15) is 4.79 Å². The highest BCUT2D eigenvalue weighted by Gasteiger charge is 2.09. The number of carbonyl (C=O) groups is 1. The van der Waals surface area contributed by atoms with Crippen LogP contribution in [-0.2, 0) is 0 Å². The lowest BCUT2D eigenvalue weighted by Gasteiger charge is -2.06. The Bertz CT molecular complexity index is 564. The lowest BCUT2D eigenvalue weighted by Crippen LogP contribution is -2.03. The molecule has 0 unspecified atom stereocenters. The van der Waals surface area contributed by atoms with Gasteiger partial charge in [-0.3, -0.25) is 4.79 Å². The summed E-state index contributed by atoms with van der Waals surface area (Å²) in [6.07, 6.45) is 0. The fourth-order valence-corrected chi connectivity index (χ4v) is 1.82. The molecule has 0 atom stereocenters. The average Bonchev–Trinajstić information content (AvgIpc) is 2.39. The van der Waals surface area contributed by atoms with Crippen LogP contribution in [0, 0.1) is 0 Å². The maximum absolute atomic E-state index is 12.3. The Labute approximate surface area is 107 Å². The summed E-state index contributed by atoms with van der Waals surface area (Å²) in [7, 11) is 0. The van der Waals surface area contributed by atoms with Crippen molar-refractivity contribution in [2.75, 3.05) is 17.6 Å². The Morgan fingerprint density at radius 2 is 1.78 bits per heavy atom. The van der Waals surface area contributed by atoms with Gasteiger partial charge in [0.1, 0.15) is 0 Å². The van der Waals surface area contributed by atoms with Crippen LogP contribution in [0.1, 0.15) is 22.8 Å². The summed E-state index contributed by atoms with van der Waals surface area (Å²) in [6.45, 7) is 2.85. The molecule has 0 saturated heterocycles. The Morgan fingerprint density at radius 1 is 1.11 bits per heavy atom. The van der Waals surface area contributed by atoms with Crippen LogP contribution in [0.4, 0.5) is 11.4 Å². The SMILES string of the molecule is CCNc1cccc(C(=O)c2cccc(N)c2)c1. The van der Waals surface area contributed by atoms with Crippen molar-refractivity contribution in [2.45, 2.75) is 6.92 Å². The van der Waals surface area contributed by atoms with Gasteiger partial charge in [-0.15, -0.1) is 0 Å². The molecule has 0 aliphatic carbocycles. The lowest BCUT2D eigenvalue weighted by molar-refractivity contribution is 0.103. The van der Waals surface area contributed by atoms with Crippen LogP contribution in [-0.4, -0.2) is 12.3 Å². The summed E-state index contributed by atoms with van der Waals surface area (Å²) in [5.74, 6) is -0.0120. The van der Waals surface area contributed by atoms with Gasteiger partial charge < -0.3 is 11.1 Å². The van der Waals surface area contributed by atoms with Gasteiger partial charge in [0.05, 0.1) is 0 Å². The standard InChI is InChI=1S/C15H16N2O/c1-2-17-14-8-4-6-12(10-14)15(18)11-5-3-7-13(16)9-11/h3-10,17H,2,16H2,1H3. The minimum atomic E-state index is -0.0120. The van der Waals surface area contributed by atoms with E-state index in [-0.39, 0.29) is 5.78 Å². The van der Waals surface area contributed by atoms with E-state index in [1.807, 2.05) is 31.2 Å². The Hall–Kier alpha value is -2.29. The number of carbonyl (C=O) groups excluding carboxylic acids is 1. The summed E-state index contributed by atoms with van der Waals surface area (Å²) in [4.78, 5) is 12.3. The van der Waals surface area contributed by atoms with Crippen molar-refractivity contribution in [1.82, 2.24) is 0 Å². The molecule has 0 aliphatic rings. The van der Waals surface area contributed by atoms with Crippen molar-refractivity contribution in [3.8, 4) is 0 Å². The van der Waals surface area contributed by atoms with Crippen molar-refractivity contribution in [3.63, 3.8) is 0 Å². The van der Waals surface area contributed by atoms with E-state index in [0.29, 0.717) is 16.8 Å². The smallest absolute Gasteiger partial charge is 0.193 e. The second-order valence-electron chi connectivity index (χ2n) is 4.07. The van der Waals surface area contributed by atoms with Gasteiger partial charge in [-0.25, -0.2) is 0 Å². The highest BCUT2D eigenvalue weighted by Crippen LogP contribution is 2.16. The summed E-state index contributed by atoms with van der Waals surface area (Å²) >= 11 is 0. The van der Waals surface area contributed by atoms with Crippen molar-refractivity contribution in [1.29, 1.82) is 0 Å². The molecule has 2 rings (SSSR count). The molecule has 0 radical (unpaired) electrons. The van der Waals surface area contributed by atoms with Crippen LogP contribution in [0.25, 0.3) is 0 Å². The molecule has 0 amide bonds. The van der Waals surface area contributed by atoms with Crippen LogP contribution in [0.15, 0.2) is 48.5 Å². The van der Waals surface area contributed by atoms with E-state index < -0.39 is 0 Å². The number of hydrogen-bond acceptors (Lipinski definition) is 3. The van der Waals surface area contributed by atoms with E-state index in [2.05, 4.69) is 5.32 Å². The van der Waals surface area contributed by atoms with Crippen molar-refractivity contribution >= 4 is 17.2 Å². The van der Waals surface area contributed by atoms with Gasteiger partial charge in [0.2, 0.25) is 0 Å². The molecule has 18 heavy (non-hydrogen) atoms. The zero-order chi connectivity index (χ0) is 13.0. The number of nitrogen functional groups attached to an aromatic ring is 1. The van der Waals surface area contributed by atoms with Gasteiger partial charge >= 0.3 is 0 Å². The van der Waals surface area contributed by atoms with Gasteiger partial charge in [0.25, 0.3) is 0 Å². The molecule has 0 aliphatic heterocycles.